The molecular weight excluding hydrogens is 411 g/mol. The van der Waals surface area contributed by atoms with E-state index in [0.29, 0.717) is 25.2 Å². The third-order valence-corrected chi connectivity index (χ3v) is 6.31. The van der Waals surface area contributed by atoms with Crippen molar-refractivity contribution in [3.05, 3.63) is 77.5 Å². The van der Waals surface area contributed by atoms with Gasteiger partial charge < -0.3 is 14.1 Å². The third-order valence-electron chi connectivity index (χ3n) is 4.91. The molecule has 2 aromatic carbocycles. The second kappa shape index (κ2) is 7.83. The van der Waals surface area contributed by atoms with Crippen LogP contribution < -0.4 is 9.46 Å². The van der Waals surface area contributed by atoms with Crippen LogP contribution in [0.15, 0.2) is 64.1 Å². The largest absolute Gasteiger partial charge is 0.495 e. The number of carbonyl (C=O) groups is 1. The number of halogens is 1. The van der Waals surface area contributed by atoms with Crippen molar-refractivity contribution in [3.8, 4) is 5.75 Å². The number of nitrogens with zero attached hydrogens (tertiary/aromatic N) is 1. The second-order valence-corrected chi connectivity index (χ2v) is 8.49. The Balaban J connectivity index is 1.58. The van der Waals surface area contributed by atoms with E-state index in [1.54, 1.807) is 29.2 Å². The number of nitrogens with one attached hydrogen (secondary N) is 1. The number of rotatable bonds is 5. The number of furan rings is 1. The summed E-state index contributed by atoms with van der Waals surface area (Å²) in [4.78, 5) is 13.9. The van der Waals surface area contributed by atoms with E-state index in [0.717, 1.165) is 23.3 Å². The van der Waals surface area contributed by atoms with Gasteiger partial charge in [-0.2, -0.15) is 0 Å². The minimum atomic E-state index is -4.08. The van der Waals surface area contributed by atoms with Crippen molar-refractivity contribution in [1.29, 1.82) is 0 Å². The van der Waals surface area contributed by atoms with Crippen LogP contribution in [0.3, 0.4) is 0 Å². The quantitative estimate of drug-likeness (QED) is 0.670. The highest BCUT2D eigenvalue weighted by molar-refractivity contribution is 7.92. The molecule has 156 valence electrons. The van der Waals surface area contributed by atoms with E-state index in [9.17, 15) is 17.6 Å². The van der Waals surface area contributed by atoms with Crippen molar-refractivity contribution < 1.29 is 26.8 Å². The van der Waals surface area contributed by atoms with Gasteiger partial charge in [0, 0.05) is 18.8 Å². The van der Waals surface area contributed by atoms with Crippen LogP contribution in [0.5, 0.6) is 5.75 Å². The second-order valence-electron chi connectivity index (χ2n) is 6.84. The Morgan fingerprint density at radius 3 is 2.73 bits per heavy atom. The fraction of sp³-hybridized carbons (Fsp3) is 0.190. The van der Waals surface area contributed by atoms with E-state index in [1.165, 1.54) is 19.4 Å². The minimum Gasteiger partial charge on any atom is -0.495 e. The van der Waals surface area contributed by atoms with Crippen molar-refractivity contribution in [2.75, 3.05) is 18.4 Å². The minimum absolute atomic E-state index is 0.0390. The Morgan fingerprint density at radius 1 is 1.17 bits per heavy atom. The molecular formula is C21H19FN2O5S. The number of fused-ring (bicyclic) bond motifs is 1. The monoisotopic (exact) mass is 430 g/mol. The van der Waals surface area contributed by atoms with Crippen LogP contribution in [0.2, 0.25) is 0 Å². The van der Waals surface area contributed by atoms with Gasteiger partial charge in [-0.15, -0.1) is 0 Å². The molecule has 4 rings (SSSR count). The molecule has 0 radical (unpaired) electrons. The summed E-state index contributed by atoms with van der Waals surface area (Å²) in [5.41, 5.74) is 2.17. The number of hydrogen-bond acceptors (Lipinski definition) is 5. The van der Waals surface area contributed by atoms with Crippen molar-refractivity contribution in [2.24, 2.45) is 0 Å². The highest BCUT2D eigenvalue weighted by Crippen LogP contribution is 2.29. The number of carbonyl (C=O) groups excluding carboxylic acids is 1. The van der Waals surface area contributed by atoms with E-state index in [1.807, 2.05) is 6.07 Å². The van der Waals surface area contributed by atoms with Gasteiger partial charge in [0.25, 0.3) is 15.9 Å². The molecule has 0 unspecified atom stereocenters. The smallest absolute Gasteiger partial charge is 0.289 e. The normalized spacial score (nSPS) is 13.6. The fourth-order valence-electron chi connectivity index (χ4n) is 3.42. The number of hydrogen-bond donors (Lipinski definition) is 1. The van der Waals surface area contributed by atoms with E-state index in [-0.39, 0.29) is 22.3 Å². The summed E-state index contributed by atoms with van der Waals surface area (Å²) < 4.78 is 51.9. The highest BCUT2D eigenvalue weighted by atomic mass is 32.2. The Hall–Kier alpha value is -3.33. The highest BCUT2D eigenvalue weighted by Gasteiger charge is 2.25. The van der Waals surface area contributed by atoms with Crippen LogP contribution in [-0.4, -0.2) is 32.9 Å². The molecule has 1 aliphatic heterocycles. The van der Waals surface area contributed by atoms with Gasteiger partial charge in [0.15, 0.2) is 5.76 Å². The van der Waals surface area contributed by atoms with Crippen LogP contribution >= 0.6 is 0 Å². The van der Waals surface area contributed by atoms with Gasteiger partial charge in [0.1, 0.15) is 16.5 Å². The molecule has 0 saturated heterocycles. The molecule has 1 N–H and O–H groups in total. The van der Waals surface area contributed by atoms with E-state index in [2.05, 4.69) is 4.72 Å². The predicted octanol–water partition coefficient (Wildman–Crippen LogP) is 3.43. The summed E-state index contributed by atoms with van der Waals surface area (Å²) >= 11 is 0. The molecule has 1 aliphatic rings. The van der Waals surface area contributed by atoms with E-state index < -0.39 is 15.8 Å². The molecule has 1 aromatic heterocycles. The molecule has 2 heterocycles. The molecule has 0 atom stereocenters. The van der Waals surface area contributed by atoms with E-state index >= 15 is 0 Å². The number of sulfonamides is 1. The molecule has 7 nitrogen and oxygen atoms in total. The SMILES string of the molecule is COc1ccc(F)cc1S(=O)(=O)Nc1ccc2c(c1)CN(C(=O)c1ccco1)CC2. The van der Waals surface area contributed by atoms with Gasteiger partial charge in [0.2, 0.25) is 0 Å². The lowest BCUT2D eigenvalue weighted by atomic mass is 9.99. The Morgan fingerprint density at radius 2 is 2.00 bits per heavy atom. The summed E-state index contributed by atoms with van der Waals surface area (Å²) in [5.74, 6) is -0.611. The first-order valence-corrected chi connectivity index (χ1v) is 10.7. The maximum absolute atomic E-state index is 13.6. The lowest BCUT2D eigenvalue weighted by Crippen LogP contribution is -2.35. The molecule has 0 bridgehead atoms. The third kappa shape index (κ3) is 3.88. The zero-order valence-electron chi connectivity index (χ0n) is 16.1. The van der Waals surface area contributed by atoms with Crippen LogP contribution in [0.25, 0.3) is 0 Å². The van der Waals surface area contributed by atoms with Crippen LogP contribution in [0.4, 0.5) is 10.1 Å². The molecule has 0 fully saturated rings. The Bertz CT molecular complexity index is 1190. The number of anilines is 1. The lowest BCUT2D eigenvalue weighted by molar-refractivity contribution is 0.0702. The first-order chi connectivity index (χ1) is 14.4. The Labute approximate surface area is 173 Å². The average molecular weight is 430 g/mol. The molecule has 9 heteroatoms. The zero-order valence-corrected chi connectivity index (χ0v) is 16.9. The van der Waals surface area contributed by atoms with Gasteiger partial charge in [-0.25, -0.2) is 12.8 Å². The number of methoxy groups -OCH3 is 1. The predicted molar refractivity (Wildman–Crippen MR) is 107 cm³/mol. The molecule has 0 saturated carbocycles. The summed E-state index contributed by atoms with van der Waals surface area (Å²) in [7, 11) is -2.77. The number of ether oxygens (including phenoxy) is 1. The van der Waals surface area contributed by atoms with Crippen molar-refractivity contribution >= 4 is 21.6 Å². The molecule has 30 heavy (non-hydrogen) atoms. The van der Waals surface area contributed by atoms with Crippen LogP contribution in [-0.2, 0) is 23.0 Å². The van der Waals surface area contributed by atoms with Gasteiger partial charge in [-0.3, -0.25) is 9.52 Å². The van der Waals surface area contributed by atoms with Crippen molar-refractivity contribution in [3.63, 3.8) is 0 Å². The van der Waals surface area contributed by atoms with Gasteiger partial charge in [-0.1, -0.05) is 6.07 Å². The lowest BCUT2D eigenvalue weighted by Gasteiger charge is -2.28. The van der Waals surface area contributed by atoms with Gasteiger partial charge in [-0.05, 0) is 60.0 Å². The fourth-order valence-corrected chi connectivity index (χ4v) is 4.65. The molecule has 0 aliphatic carbocycles. The maximum Gasteiger partial charge on any atom is 0.289 e. The molecule has 3 aromatic rings. The molecule has 1 amide bonds. The van der Waals surface area contributed by atoms with Crippen molar-refractivity contribution in [2.45, 2.75) is 17.9 Å². The first-order valence-electron chi connectivity index (χ1n) is 9.18. The zero-order chi connectivity index (χ0) is 21.3. The maximum atomic E-state index is 13.6. The number of amides is 1. The number of benzene rings is 2. The van der Waals surface area contributed by atoms with Crippen LogP contribution in [0, 0.1) is 5.82 Å². The van der Waals surface area contributed by atoms with E-state index in [4.69, 9.17) is 9.15 Å². The summed E-state index contributed by atoms with van der Waals surface area (Å²) in [6, 6.07) is 11.7. The van der Waals surface area contributed by atoms with Crippen LogP contribution in [0.1, 0.15) is 21.7 Å². The summed E-state index contributed by atoms with van der Waals surface area (Å²) in [6.45, 7) is 0.867. The Kier molecular flexibility index (Phi) is 5.21. The summed E-state index contributed by atoms with van der Waals surface area (Å²) in [5, 5.41) is 0. The topological polar surface area (TPSA) is 88.9 Å². The summed E-state index contributed by atoms with van der Waals surface area (Å²) in [6.07, 6.45) is 2.09. The van der Waals surface area contributed by atoms with Gasteiger partial charge >= 0.3 is 0 Å². The first kappa shape index (κ1) is 20.0. The average Bonchev–Trinajstić information content (AvgIpc) is 3.27. The molecule has 0 spiro atoms. The standard InChI is InChI=1S/C21H19FN2O5S/c1-28-18-7-5-16(22)12-20(18)30(26,27)23-17-6-4-14-8-9-24(13-15(14)11-17)21(25)19-3-2-10-29-19/h2-7,10-12,23H,8-9,13H2,1H3. The van der Waals surface area contributed by atoms with Gasteiger partial charge in [0.05, 0.1) is 13.4 Å². The van der Waals surface area contributed by atoms with Crippen molar-refractivity contribution in [1.82, 2.24) is 4.90 Å².